The van der Waals surface area contributed by atoms with E-state index in [2.05, 4.69) is 6.92 Å². The molecule has 0 bridgehead atoms. The van der Waals surface area contributed by atoms with Crippen molar-refractivity contribution < 1.29 is 14.7 Å². The Morgan fingerprint density at radius 2 is 2.06 bits per heavy atom. The quantitative estimate of drug-likeness (QED) is 0.837. The molecule has 1 saturated heterocycles. The van der Waals surface area contributed by atoms with Gasteiger partial charge in [0.15, 0.2) is 0 Å². The molecule has 0 aromatic carbocycles. The van der Waals surface area contributed by atoms with Crippen molar-refractivity contribution in [1.82, 2.24) is 9.80 Å². The van der Waals surface area contributed by atoms with E-state index in [1.807, 2.05) is 20.9 Å². The summed E-state index contributed by atoms with van der Waals surface area (Å²) >= 11 is 0. The van der Waals surface area contributed by atoms with Gasteiger partial charge in [-0.05, 0) is 32.6 Å². The fourth-order valence-corrected chi connectivity index (χ4v) is 2.13. The van der Waals surface area contributed by atoms with Crippen molar-refractivity contribution in [3.63, 3.8) is 0 Å². The molecule has 2 amide bonds. The van der Waals surface area contributed by atoms with Gasteiger partial charge in [0.05, 0.1) is 0 Å². The Kier molecular flexibility index (Phi) is 4.59. The second-order valence-corrected chi connectivity index (χ2v) is 5.71. The normalized spacial score (nSPS) is 20.0. The van der Waals surface area contributed by atoms with Crippen molar-refractivity contribution in [3.8, 4) is 0 Å². The van der Waals surface area contributed by atoms with Crippen molar-refractivity contribution >= 4 is 12.0 Å². The summed E-state index contributed by atoms with van der Waals surface area (Å²) in [4.78, 5) is 26.5. The van der Waals surface area contributed by atoms with Crippen LogP contribution < -0.4 is 0 Å². The van der Waals surface area contributed by atoms with Gasteiger partial charge in [0.1, 0.15) is 0 Å². The molecule has 0 aliphatic carbocycles. The first kappa shape index (κ1) is 14.8. The largest absolute Gasteiger partial charge is 0.481 e. The summed E-state index contributed by atoms with van der Waals surface area (Å²) in [6.45, 7) is 7.36. The van der Waals surface area contributed by atoms with E-state index in [1.54, 1.807) is 9.80 Å². The predicted molar refractivity (Wildman–Crippen MR) is 69.5 cm³/mol. The maximum Gasteiger partial charge on any atom is 0.320 e. The first-order chi connectivity index (χ1) is 8.27. The number of amides is 2. The summed E-state index contributed by atoms with van der Waals surface area (Å²) in [5.74, 6) is -0.680. The molecule has 104 valence electrons. The molecule has 0 aromatic rings. The average Bonchev–Trinajstić information content (AvgIpc) is 2.74. The number of hydrogen-bond donors (Lipinski definition) is 1. The number of carboxylic acids is 1. The summed E-state index contributed by atoms with van der Waals surface area (Å²) in [5, 5.41) is 8.76. The monoisotopic (exact) mass is 256 g/mol. The molecule has 1 aliphatic rings. The van der Waals surface area contributed by atoms with E-state index in [0.29, 0.717) is 13.1 Å². The minimum Gasteiger partial charge on any atom is -0.481 e. The molecule has 5 heteroatoms. The summed E-state index contributed by atoms with van der Waals surface area (Å²) in [7, 11) is 1.82. The standard InChI is InChI=1S/C13H24N2O3/c1-5-13(2,3)14(4)12(18)15-7-6-10(9-15)8-11(16)17/h10H,5-9H2,1-4H3,(H,16,17). The van der Waals surface area contributed by atoms with Gasteiger partial charge in [-0.3, -0.25) is 4.79 Å². The number of urea groups is 1. The number of carbonyl (C=O) groups is 2. The zero-order chi connectivity index (χ0) is 13.9. The van der Waals surface area contributed by atoms with Crippen LogP contribution in [-0.4, -0.2) is 52.6 Å². The second-order valence-electron chi connectivity index (χ2n) is 5.71. The molecular weight excluding hydrogens is 232 g/mol. The van der Waals surface area contributed by atoms with E-state index in [4.69, 9.17) is 5.11 Å². The summed E-state index contributed by atoms with van der Waals surface area (Å²) < 4.78 is 0. The van der Waals surface area contributed by atoms with Crippen LogP contribution in [0.25, 0.3) is 0 Å². The third kappa shape index (κ3) is 3.37. The van der Waals surface area contributed by atoms with Gasteiger partial charge < -0.3 is 14.9 Å². The third-order valence-corrected chi connectivity index (χ3v) is 4.08. The van der Waals surface area contributed by atoms with E-state index in [0.717, 1.165) is 12.8 Å². The number of aliphatic carboxylic acids is 1. The second kappa shape index (κ2) is 5.59. The Labute approximate surface area is 109 Å². The molecule has 0 radical (unpaired) electrons. The molecule has 18 heavy (non-hydrogen) atoms. The van der Waals surface area contributed by atoms with Gasteiger partial charge >= 0.3 is 12.0 Å². The summed E-state index contributed by atoms with van der Waals surface area (Å²) in [6, 6.07) is 0.00902. The number of rotatable bonds is 4. The fraction of sp³-hybridized carbons (Fsp3) is 0.846. The lowest BCUT2D eigenvalue weighted by Gasteiger charge is -2.37. The highest BCUT2D eigenvalue weighted by atomic mass is 16.4. The molecule has 5 nitrogen and oxygen atoms in total. The van der Waals surface area contributed by atoms with Crippen LogP contribution >= 0.6 is 0 Å². The van der Waals surface area contributed by atoms with Crippen molar-refractivity contribution in [3.05, 3.63) is 0 Å². The molecule has 1 unspecified atom stereocenters. The Bertz CT molecular complexity index is 328. The van der Waals surface area contributed by atoms with Gasteiger partial charge in [0, 0.05) is 32.1 Å². The van der Waals surface area contributed by atoms with Crippen molar-refractivity contribution in [1.29, 1.82) is 0 Å². The lowest BCUT2D eigenvalue weighted by molar-refractivity contribution is -0.138. The van der Waals surface area contributed by atoms with Crippen LogP contribution in [0.3, 0.4) is 0 Å². The van der Waals surface area contributed by atoms with Crippen molar-refractivity contribution in [2.24, 2.45) is 5.92 Å². The SMILES string of the molecule is CCC(C)(C)N(C)C(=O)N1CCC(CC(=O)O)C1. The molecular formula is C13H24N2O3. The zero-order valence-electron chi connectivity index (χ0n) is 11.8. The summed E-state index contributed by atoms with van der Waals surface area (Å²) in [5.41, 5.74) is -0.165. The van der Waals surface area contributed by atoms with Crippen molar-refractivity contribution in [2.45, 2.75) is 45.6 Å². The highest BCUT2D eigenvalue weighted by Crippen LogP contribution is 2.24. The van der Waals surface area contributed by atoms with E-state index in [-0.39, 0.29) is 23.9 Å². The van der Waals surface area contributed by atoms with Gasteiger partial charge in [0.25, 0.3) is 0 Å². The number of hydrogen-bond acceptors (Lipinski definition) is 2. The van der Waals surface area contributed by atoms with Gasteiger partial charge in [-0.2, -0.15) is 0 Å². The number of carboxylic acid groups (broad SMARTS) is 1. The molecule has 1 atom stereocenters. The lowest BCUT2D eigenvalue weighted by atomic mass is 10.0. The van der Waals surface area contributed by atoms with Crippen LogP contribution in [0, 0.1) is 5.92 Å². The molecule has 1 heterocycles. The van der Waals surface area contributed by atoms with Crippen LogP contribution in [0.15, 0.2) is 0 Å². The van der Waals surface area contributed by atoms with E-state index < -0.39 is 5.97 Å². The Morgan fingerprint density at radius 1 is 1.44 bits per heavy atom. The number of carbonyl (C=O) groups excluding carboxylic acids is 1. The Morgan fingerprint density at radius 3 is 2.56 bits per heavy atom. The molecule has 1 aliphatic heterocycles. The highest BCUT2D eigenvalue weighted by molar-refractivity contribution is 5.75. The molecule has 0 saturated carbocycles. The molecule has 0 aromatic heterocycles. The molecule has 1 rings (SSSR count). The number of nitrogens with zero attached hydrogens (tertiary/aromatic N) is 2. The van der Waals surface area contributed by atoms with Crippen LogP contribution in [-0.2, 0) is 4.79 Å². The average molecular weight is 256 g/mol. The zero-order valence-corrected chi connectivity index (χ0v) is 11.8. The van der Waals surface area contributed by atoms with Crippen molar-refractivity contribution in [2.75, 3.05) is 20.1 Å². The third-order valence-electron chi connectivity index (χ3n) is 4.08. The smallest absolute Gasteiger partial charge is 0.320 e. The maximum atomic E-state index is 12.3. The van der Waals surface area contributed by atoms with Crippen LogP contribution in [0.1, 0.15) is 40.0 Å². The summed E-state index contributed by atoms with van der Waals surface area (Å²) in [6.07, 6.45) is 1.84. The molecule has 0 spiro atoms. The number of likely N-dealkylation sites (tertiary alicyclic amines) is 1. The minimum atomic E-state index is -0.781. The van der Waals surface area contributed by atoms with Gasteiger partial charge in [-0.25, -0.2) is 4.79 Å². The molecule has 1 N–H and O–H groups in total. The predicted octanol–water partition coefficient (Wildman–Crippen LogP) is 2.02. The van der Waals surface area contributed by atoms with Gasteiger partial charge in [-0.15, -0.1) is 0 Å². The molecule has 1 fully saturated rings. The van der Waals surface area contributed by atoms with Gasteiger partial charge in [-0.1, -0.05) is 6.92 Å². The topological polar surface area (TPSA) is 60.9 Å². The lowest BCUT2D eigenvalue weighted by Crippen LogP contribution is -2.50. The van der Waals surface area contributed by atoms with Crippen LogP contribution in [0.2, 0.25) is 0 Å². The van der Waals surface area contributed by atoms with E-state index in [1.165, 1.54) is 0 Å². The van der Waals surface area contributed by atoms with E-state index in [9.17, 15) is 9.59 Å². The highest BCUT2D eigenvalue weighted by Gasteiger charge is 2.33. The maximum absolute atomic E-state index is 12.3. The fourth-order valence-electron chi connectivity index (χ4n) is 2.13. The minimum absolute atomic E-state index is 0.00902. The first-order valence-electron chi connectivity index (χ1n) is 6.52. The van der Waals surface area contributed by atoms with Crippen LogP contribution in [0.5, 0.6) is 0 Å². The Hall–Kier alpha value is -1.26. The van der Waals surface area contributed by atoms with E-state index >= 15 is 0 Å². The first-order valence-corrected chi connectivity index (χ1v) is 6.52. The van der Waals surface area contributed by atoms with Crippen LogP contribution in [0.4, 0.5) is 4.79 Å². The van der Waals surface area contributed by atoms with Gasteiger partial charge in [0.2, 0.25) is 0 Å². The Balaban J connectivity index is 2.57.